The predicted molar refractivity (Wildman–Crippen MR) is 88.3 cm³/mol. The van der Waals surface area contributed by atoms with Crippen molar-refractivity contribution in [2.75, 3.05) is 7.05 Å². The second-order valence-electron chi connectivity index (χ2n) is 5.39. The standard InChI is InChI=1S/C18H18N4O/c1-14(15-9-5-3-6-10-15)21(2)18(23)17-13-22(20-19-17)16-11-7-4-8-12-16/h3-14H,1-2H3/t14-/m1/s1. The normalized spacial score (nSPS) is 11.9. The van der Waals surface area contributed by atoms with E-state index in [4.69, 9.17) is 0 Å². The summed E-state index contributed by atoms with van der Waals surface area (Å²) in [6.45, 7) is 1.99. The minimum absolute atomic E-state index is 0.0365. The van der Waals surface area contributed by atoms with Crippen LogP contribution < -0.4 is 0 Å². The molecule has 1 amide bonds. The lowest BCUT2D eigenvalue weighted by molar-refractivity contribution is 0.0736. The van der Waals surface area contributed by atoms with E-state index in [0.717, 1.165) is 11.3 Å². The number of carbonyl (C=O) groups excluding carboxylic acids is 1. The van der Waals surface area contributed by atoms with Gasteiger partial charge in [-0.25, -0.2) is 4.68 Å². The average Bonchev–Trinajstić information content (AvgIpc) is 3.11. The molecular weight excluding hydrogens is 288 g/mol. The Hall–Kier alpha value is -2.95. The first-order valence-electron chi connectivity index (χ1n) is 7.46. The summed E-state index contributed by atoms with van der Waals surface area (Å²) in [5.41, 5.74) is 2.29. The van der Waals surface area contributed by atoms with Crippen molar-refractivity contribution in [3.05, 3.63) is 78.1 Å². The molecule has 2 aromatic carbocycles. The minimum atomic E-state index is -0.150. The number of carbonyl (C=O) groups is 1. The van der Waals surface area contributed by atoms with Crippen LogP contribution in [0.25, 0.3) is 5.69 Å². The predicted octanol–water partition coefficient (Wildman–Crippen LogP) is 3.10. The van der Waals surface area contributed by atoms with Gasteiger partial charge < -0.3 is 4.90 Å². The van der Waals surface area contributed by atoms with Crippen LogP contribution in [0.5, 0.6) is 0 Å². The van der Waals surface area contributed by atoms with Crippen molar-refractivity contribution in [2.45, 2.75) is 13.0 Å². The van der Waals surface area contributed by atoms with E-state index >= 15 is 0 Å². The second kappa shape index (κ2) is 6.44. The smallest absolute Gasteiger partial charge is 0.276 e. The Morgan fingerprint density at radius 3 is 2.30 bits per heavy atom. The third-order valence-electron chi connectivity index (χ3n) is 3.92. The van der Waals surface area contributed by atoms with Crippen LogP contribution in [0.3, 0.4) is 0 Å². The van der Waals surface area contributed by atoms with Crippen molar-refractivity contribution in [3.8, 4) is 5.69 Å². The van der Waals surface area contributed by atoms with Crippen molar-refractivity contribution in [2.24, 2.45) is 0 Å². The van der Waals surface area contributed by atoms with Crippen LogP contribution in [0.1, 0.15) is 29.0 Å². The van der Waals surface area contributed by atoms with Crippen molar-refractivity contribution in [1.82, 2.24) is 19.9 Å². The minimum Gasteiger partial charge on any atom is -0.334 e. The van der Waals surface area contributed by atoms with Gasteiger partial charge >= 0.3 is 0 Å². The quantitative estimate of drug-likeness (QED) is 0.744. The Kier molecular flexibility index (Phi) is 4.19. The molecule has 0 saturated carbocycles. The fourth-order valence-electron chi connectivity index (χ4n) is 2.38. The van der Waals surface area contributed by atoms with Crippen molar-refractivity contribution >= 4 is 5.91 Å². The molecule has 1 heterocycles. The fourth-order valence-corrected chi connectivity index (χ4v) is 2.38. The lowest BCUT2D eigenvalue weighted by atomic mass is 10.1. The zero-order chi connectivity index (χ0) is 16.2. The first-order valence-corrected chi connectivity index (χ1v) is 7.46. The van der Waals surface area contributed by atoms with E-state index < -0.39 is 0 Å². The zero-order valence-electron chi connectivity index (χ0n) is 13.1. The van der Waals surface area contributed by atoms with E-state index in [1.165, 1.54) is 0 Å². The zero-order valence-corrected chi connectivity index (χ0v) is 13.1. The molecular formula is C18H18N4O. The van der Waals surface area contributed by atoms with E-state index in [2.05, 4.69) is 10.3 Å². The summed E-state index contributed by atoms with van der Waals surface area (Å²) in [5, 5.41) is 8.05. The van der Waals surface area contributed by atoms with Crippen LogP contribution in [-0.4, -0.2) is 32.8 Å². The van der Waals surface area contributed by atoms with Gasteiger partial charge in [0.15, 0.2) is 5.69 Å². The average molecular weight is 306 g/mol. The molecule has 3 rings (SSSR count). The molecule has 116 valence electrons. The van der Waals surface area contributed by atoms with Crippen LogP contribution in [0.4, 0.5) is 0 Å². The topological polar surface area (TPSA) is 51.0 Å². The Labute approximate surface area is 135 Å². The van der Waals surface area contributed by atoms with Gasteiger partial charge in [-0.05, 0) is 24.6 Å². The van der Waals surface area contributed by atoms with Gasteiger partial charge in [0.05, 0.1) is 17.9 Å². The summed E-state index contributed by atoms with van der Waals surface area (Å²) in [7, 11) is 1.78. The molecule has 1 atom stereocenters. The van der Waals surface area contributed by atoms with E-state index in [-0.39, 0.29) is 11.9 Å². The molecule has 23 heavy (non-hydrogen) atoms. The molecule has 0 N–H and O–H groups in total. The van der Waals surface area contributed by atoms with Crippen LogP contribution in [0.15, 0.2) is 66.9 Å². The van der Waals surface area contributed by atoms with Crippen molar-refractivity contribution in [3.63, 3.8) is 0 Å². The number of nitrogens with zero attached hydrogens (tertiary/aromatic N) is 4. The number of rotatable bonds is 4. The molecule has 0 saturated heterocycles. The number of para-hydroxylation sites is 1. The molecule has 0 bridgehead atoms. The molecule has 0 aliphatic rings. The Morgan fingerprint density at radius 1 is 1.04 bits per heavy atom. The molecule has 3 aromatic rings. The molecule has 0 radical (unpaired) electrons. The van der Waals surface area contributed by atoms with Crippen molar-refractivity contribution in [1.29, 1.82) is 0 Å². The maximum absolute atomic E-state index is 12.6. The maximum Gasteiger partial charge on any atom is 0.276 e. The summed E-state index contributed by atoms with van der Waals surface area (Å²) in [4.78, 5) is 14.3. The van der Waals surface area contributed by atoms with Gasteiger partial charge in [0, 0.05) is 7.05 Å². The first-order chi connectivity index (χ1) is 11.2. The van der Waals surface area contributed by atoms with Gasteiger partial charge in [0.25, 0.3) is 5.91 Å². The number of aromatic nitrogens is 3. The number of hydrogen-bond acceptors (Lipinski definition) is 3. The van der Waals surface area contributed by atoms with Crippen LogP contribution in [0.2, 0.25) is 0 Å². The lowest BCUT2D eigenvalue weighted by Crippen LogP contribution is -2.29. The monoisotopic (exact) mass is 306 g/mol. The van der Waals surface area contributed by atoms with Gasteiger partial charge in [-0.2, -0.15) is 0 Å². The molecule has 5 heteroatoms. The summed E-state index contributed by atoms with van der Waals surface area (Å²) >= 11 is 0. The highest BCUT2D eigenvalue weighted by atomic mass is 16.2. The number of benzene rings is 2. The van der Waals surface area contributed by atoms with Gasteiger partial charge in [-0.15, -0.1) is 5.10 Å². The van der Waals surface area contributed by atoms with E-state index in [0.29, 0.717) is 5.69 Å². The SMILES string of the molecule is C[C@H](c1ccccc1)N(C)C(=O)c1cn(-c2ccccc2)nn1. The van der Waals surface area contributed by atoms with Crippen LogP contribution in [0, 0.1) is 0 Å². The van der Waals surface area contributed by atoms with Gasteiger partial charge in [0.2, 0.25) is 0 Å². The third kappa shape index (κ3) is 3.13. The molecule has 0 fully saturated rings. The van der Waals surface area contributed by atoms with Crippen LogP contribution >= 0.6 is 0 Å². The number of hydrogen-bond donors (Lipinski definition) is 0. The second-order valence-corrected chi connectivity index (χ2v) is 5.39. The van der Waals surface area contributed by atoms with Gasteiger partial charge in [0.1, 0.15) is 0 Å². The first kappa shape index (κ1) is 15.0. The summed E-state index contributed by atoms with van der Waals surface area (Å²) in [6, 6.07) is 19.5. The lowest BCUT2D eigenvalue weighted by Gasteiger charge is -2.24. The molecule has 0 spiro atoms. The summed E-state index contributed by atoms with van der Waals surface area (Å²) < 4.78 is 1.61. The van der Waals surface area contributed by atoms with Gasteiger partial charge in [-0.1, -0.05) is 53.7 Å². The molecule has 0 unspecified atom stereocenters. The largest absolute Gasteiger partial charge is 0.334 e. The summed E-state index contributed by atoms with van der Waals surface area (Å²) in [6.07, 6.45) is 1.66. The van der Waals surface area contributed by atoms with Gasteiger partial charge in [-0.3, -0.25) is 4.79 Å². The van der Waals surface area contributed by atoms with Crippen LogP contribution in [-0.2, 0) is 0 Å². The Bertz CT molecular complexity index is 783. The molecule has 1 aromatic heterocycles. The van der Waals surface area contributed by atoms with Crippen molar-refractivity contribution < 1.29 is 4.79 Å². The van der Waals surface area contributed by atoms with E-state index in [1.54, 1.807) is 22.8 Å². The van der Waals surface area contributed by atoms with E-state index in [1.807, 2.05) is 67.6 Å². The highest BCUT2D eigenvalue weighted by Crippen LogP contribution is 2.20. The highest BCUT2D eigenvalue weighted by molar-refractivity contribution is 5.92. The fraction of sp³-hybridized carbons (Fsp3) is 0.167. The Balaban J connectivity index is 1.79. The van der Waals surface area contributed by atoms with E-state index in [9.17, 15) is 4.79 Å². The highest BCUT2D eigenvalue weighted by Gasteiger charge is 2.21. The third-order valence-corrected chi connectivity index (χ3v) is 3.92. The molecule has 5 nitrogen and oxygen atoms in total. The Morgan fingerprint density at radius 2 is 1.65 bits per heavy atom. The molecule has 0 aliphatic carbocycles. The maximum atomic E-state index is 12.6. The summed E-state index contributed by atoms with van der Waals surface area (Å²) in [5.74, 6) is -0.150. The number of amides is 1. The molecule has 0 aliphatic heterocycles.